The van der Waals surface area contributed by atoms with Gasteiger partial charge in [0.15, 0.2) is 0 Å². The molecule has 0 saturated heterocycles. The number of hydrogen-bond acceptors (Lipinski definition) is 9. The molecule has 0 bridgehead atoms. The minimum absolute atomic E-state index is 0.0242. The maximum Gasteiger partial charge on any atom is 0.330 e. The Bertz CT molecular complexity index is 1570. The Morgan fingerprint density at radius 1 is 0.786 bits per heavy atom. The first kappa shape index (κ1) is 36.9. The molecule has 232 valence electrons. The van der Waals surface area contributed by atoms with Crippen LogP contribution in [0.2, 0.25) is 10.0 Å². The fourth-order valence-electron chi connectivity index (χ4n) is 3.02. The predicted octanol–water partition coefficient (Wildman–Crippen LogP) is 3.87. The first-order chi connectivity index (χ1) is 19.4. The predicted molar refractivity (Wildman–Crippen MR) is 160 cm³/mol. The summed E-state index contributed by atoms with van der Waals surface area (Å²) in [4.78, 5) is 21.9. The average Bonchev–Trinajstić information content (AvgIpc) is 2.91. The van der Waals surface area contributed by atoms with E-state index < -0.39 is 32.0 Å². The van der Waals surface area contributed by atoms with Crippen LogP contribution in [-0.2, 0) is 34.4 Å². The zero-order chi connectivity index (χ0) is 32.4. The van der Waals surface area contributed by atoms with Gasteiger partial charge in [-0.2, -0.15) is 0 Å². The lowest BCUT2D eigenvalue weighted by atomic mass is 10.2. The number of halogens is 2. The van der Waals surface area contributed by atoms with Crippen LogP contribution in [0.5, 0.6) is 11.5 Å². The highest BCUT2D eigenvalue weighted by atomic mass is 35.5. The van der Waals surface area contributed by atoms with Gasteiger partial charge in [0.2, 0.25) is 20.0 Å². The Hall–Kier alpha value is -3.14. The van der Waals surface area contributed by atoms with Crippen LogP contribution in [0.3, 0.4) is 0 Å². The smallest absolute Gasteiger partial charge is 0.330 e. The van der Waals surface area contributed by atoms with Gasteiger partial charge < -0.3 is 19.3 Å². The lowest BCUT2D eigenvalue weighted by Crippen LogP contribution is -2.23. The van der Waals surface area contributed by atoms with Crippen LogP contribution in [0.15, 0.2) is 46.2 Å². The molecule has 0 radical (unpaired) electrons. The molecule has 0 aliphatic carbocycles. The molecule has 0 aliphatic rings. The topological polar surface area (TPSA) is 157 Å². The van der Waals surface area contributed by atoms with Gasteiger partial charge in [0, 0.05) is 40.3 Å². The van der Waals surface area contributed by atoms with E-state index in [1.807, 2.05) is 0 Å². The molecule has 42 heavy (non-hydrogen) atoms. The number of ether oxygens (including phenoxy) is 3. The molecule has 2 aromatic rings. The summed E-state index contributed by atoms with van der Waals surface area (Å²) in [6.07, 6.45) is 4.53. The van der Waals surface area contributed by atoms with Crippen molar-refractivity contribution in [3.8, 4) is 11.5 Å². The molecule has 0 fully saturated rings. The van der Waals surface area contributed by atoms with Gasteiger partial charge in [-0.25, -0.2) is 35.0 Å². The number of esters is 1. The lowest BCUT2D eigenvalue weighted by molar-refractivity contribution is -0.137. The van der Waals surface area contributed by atoms with Crippen molar-refractivity contribution in [3.63, 3.8) is 0 Å². The normalized spacial score (nSPS) is 12.0. The third-order valence-electron chi connectivity index (χ3n) is 5.18. The maximum atomic E-state index is 12.4. The van der Waals surface area contributed by atoms with Crippen molar-refractivity contribution in [2.24, 2.45) is 0 Å². The van der Waals surface area contributed by atoms with E-state index in [0.717, 1.165) is 20.8 Å². The summed E-state index contributed by atoms with van der Waals surface area (Å²) >= 11 is 11.9. The third kappa shape index (κ3) is 9.71. The maximum absolute atomic E-state index is 12.4. The zero-order valence-corrected chi connectivity index (χ0v) is 27.1. The van der Waals surface area contributed by atoms with Gasteiger partial charge in [0.05, 0.1) is 40.7 Å². The van der Waals surface area contributed by atoms with E-state index in [9.17, 15) is 26.4 Å². The number of carboxylic acids is 1. The molecule has 16 heteroatoms. The number of hydrogen-bond donors (Lipinski definition) is 1. The molecule has 2 aromatic carbocycles. The minimum atomic E-state index is -3.75. The first-order valence-corrected chi connectivity index (χ1v) is 15.4. The summed E-state index contributed by atoms with van der Waals surface area (Å²) in [7, 11) is 0.883. The molecule has 0 atom stereocenters. The second-order valence-electron chi connectivity index (χ2n) is 8.38. The molecule has 0 heterocycles. The van der Waals surface area contributed by atoms with E-state index in [1.54, 1.807) is 6.92 Å². The number of carbonyl (C=O) groups excluding carboxylic acids is 1. The van der Waals surface area contributed by atoms with E-state index in [-0.39, 0.29) is 43.3 Å². The largest absolute Gasteiger partial charge is 0.495 e. The van der Waals surface area contributed by atoms with Gasteiger partial charge in [-0.15, -0.1) is 0 Å². The molecule has 0 saturated carbocycles. The molecule has 2 rings (SSSR count). The van der Waals surface area contributed by atoms with E-state index in [0.29, 0.717) is 5.75 Å². The number of benzene rings is 2. The summed E-state index contributed by atoms with van der Waals surface area (Å²) in [5.41, 5.74) is 0.463. The Kier molecular flexibility index (Phi) is 14.0. The lowest BCUT2D eigenvalue weighted by Gasteiger charge is -2.15. The molecule has 0 amide bonds. The van der Waals surface area contributed by atoms with Crippen LogP contribution >= 0.6 is 23.2 Å². The van der Waals surface area contributed by atoms with Crippen LogP contribution in [0, 0.1) is 0 Å². The highest BCUT2D eigenvalue weighted by Gasteiger charge is 2.24. The van der Waals surface area contributed by atoms with E-state index in [4.69, 9.17) is 42.5 Å². The summed E-state index contributed by atoms with van der Waals surface area (Å²) in [6, 6.07) is 5.35. The number of carboxylic acid groups (broad SMARTS) is 1. The molecule has 12 nitrogen and oxygen atoms in total. The fourth-order valence-corrected chi connectivity index (χ4v) is 5.81. The van der Waals surface area contributed by atoms with Crippen molar-refractivity contribution in [3.05, 3.63) is 57.6 Å². The van der Waals surface area contributed by atoms with Gasteiger partial charge in [0.1, 0.15) is 11.5 Å². The van der Waals surface area contributed by atoms with Gasteiger partial charge in [-0.05, 0) is 54.5 Å². The van der Waals surface area contributed by atoms with Crippen LogP contribution in [0.25, 0.3) is 12.2 Å². The minimum Gasteiger partial charge on any atom is -0.495 e. The van der Waals surface area contributed by atoms with Gasteiger partial charge >= 0.3 is 11.9 Å². The summed E-state index contributed by atoms with van der Waals surface area (Å²) in [5.74, 6) is -1.19. The molecule has 0 spiro atoms. The molecule has 0 aromatic heterocycles. The van der Waals surface area contributed by atoms with E-state index in [2.05, 4.69) is 0 Å². The first-order valence-electron chi connectivity index (χ1n) is 11.8. The van der Waals surface area contributed by atoms with Crippen molar-refractivity contribution in [1.29, 1.82) is 0 Å². The number of methoxy groups -OCH3 is 2. The Balaban J connectivity index is 0.000000422. The van der Waals surface area contributed by atoms with Crippen LogP contribution in [-0.4, -0.2) is 91.5 Å². The molecular formula is C26H32Cl2N2O10S2. The fraction of sp³-hybridized carbons (Fsp3) is 0.308. The Morgan fingerprint density at radius 2 is 1.17 bits per heavy atom. The number of nitrogens with zero attached hydrogens (tertiary/aromatic N) is 2. The molecule has 0 unspecified atom stereocenters. The standard InChI is InChI=1S/C14H18ClNO5S.C12H14ClNO5S/c1-5-21-14(17)7-6-10-8-12(20-4)11(15)9-13(10)22(18,19)16(2)3;1-14(2)20(17,18)11-7-9(13)10(19-3)6-8(11)4-5-12(15)16/h6-9H,5H2,1-4H3;4-7H,1-3H3,(H,15,16)/b7-6+;5-4+. The zero-order valence-electron chi connectivity index (χ0n) is 23.9. The number of aliphatic carboxylic acids is 1. The van der Waals surface area contributed by atoms with E-state index in [1.165, 1.54) is 78.8 Å². The van der Waals surface area contributed by atoms with Gasteiger partial charge in [-0.3, -0.25) is 0 Å². The summed E-state index contributed by atoms with van der Waals surface area (Å²) < 4.78 is 66.0. The quantitative estimate of drug-likeness (QED) is 0.276. The van der Waals surface area contributed by atoms with Crippen molar-refractivity contribution in [1.82, 2.24) is 8.61 Å². The Morgan fingerprint density at radius 3 is 1.48 bits per heavy atom. The molecular weight excluding hydrogens is 635 g/mol. The average molecular weight is 668 g/mol. The number of rotatable bonds is 11. The Labute approximate surface area is 255 Å². The van der Waals surface area contributed by atoms with Crippen molar-refractivity contribution in [2.75, 3.05) is 49.0 Å². The van der Waals surface area contributed by atoms with Crippen molar-refractivity contribution in [2.45, 2.75) is 16.7 Å². The van der Waals surface area contributed by atoms with E-state index >= 15 is 0 Å². The van der Waals surface area contributed by atoms with Crippen molar-refractivity contribution >= 4 is 67.3 Å². The summed E-state index contributed by atoms with van der Waals surface area (Å²) in [6.45, 7) is 1.91. The third-order valence-corrected chi connectivity index (χ3v) is 9.51. The van der Waals surface area contributed by atoms with Crippen LogP contribution in [0.1, 0.15) is 18.1 Å². The second kappa shape index (κ2) is 15.9. The SMILES string of the molecule is CCOC(=O)/C=C/c1cc(OC)c(Cl)cc1S(=O)(=O)N(C)C.COc1cc(/C=C/C(=O)O)c(S(=O)(=O)N(C)C)cc1Cl. The highest BCUT2D eigenvalue weighted by molar-refractivity contribution is 7.89. The summed E-state index contributed by atoms with van der Waals surface area (Å²) in [5, 5.41) is 8.94. The number of carbonyl (C=O) groups is 2. The second-order valence-corrected chi connectivity index (χ2v) is 13.4. The number of sulfonamides is 2. The van der Waals surface area contributed by atoms with Crippen molar-refractivity contribution < 1.29 is 45.7 Å². The monoisotopic (exact) mass is 666 g/mol. The van der Waals surface area contributed by atoms with Crippen LogP contribution in [0.4, 0.5) is 0 Å². The highest BCUT2D eigenvalue weighted by Crippen LogP contribution is 2.33. The van der Waals surface area contributed by atoms with Gasteiger partial charge in [-0.1, -0.05) is 23.2 Å². The molecule has 1 N–H and O–H groups in total. The van der Waals surface area contributed by atoms with Crippen LogP contribution < -0.4 is 9.47 Å². The van der Waals surface area contributed by atoms with Gasteiger partial charge in [0.25, 0.3) is 0 Å². The molecule has 0 aliphatic heterocycles.